The fraction of sp³-hybridized carbons (Fsp3) is 1.00. The summed E-state index contributed by atoms with van der Waals surface area (Å²) in [7, 11) is 11.1. The van der Waals surface area contributed by atoms with Gasteiger partial charge >= 0.3 is 0 Å². The molecule has 0 aromatic carbocycles. The Bertz CT molecular complexity index is 105. The molecule has 0 aromatic rings. The van der Waals surface area contributed by atoms with Crippen LogP contribution in [0, 0.1) is 5.41 Å². The maximum absolute atomic E-state index is 5.53. The standard InChI is InChI=1S/C8H17B2N/c1-7(8(2,3)4)11(5-9)6-10/h7H,5-6H2,1-4H3. The zero-order valence-corrected chi connectivity index (χ0v) is 8.09. The van der Waals surface area contributed by atoms with E-state index < -0.39 is 0 Å². The van der Waals surface area contributed by atoms with Crippen LogP contribution in [0.25, 0.3) is 0 Å². The molecule has 0 aliphatic heterocycles. The molecule has 1 nitrogen and oxygen atoms in total. The van der Waals surface area contributed by atoms with E-state index in [0.717, 1.165) is 0 Å². The molecule has 60 valence electrons. The first-order valence-electron chi connectivity index (χ1n) is 4.07. The molecule has 0 N–H and O–H groups in total. The van der Waals surface area contributed by atoms with E-state index in [2.05, 4.69) is 32.6 Å². The Morgan fingerprint density at radius 3 is 1.64 bits per heavy atom. The molecule has 1 atom stereocenters. The van der Waals surface area contributed by atoms with Crippen LogP contribution < -0.4 is 0 Å². The molecule has 0 aliphatic rings. The van der Waals surface area contributed by atoms with E-state index in [0.29, 0.717) is 18.9 Å². The second kappa shape index (κ2) is 4.20. The van der Waals surface area contributed by atoms with Crippen LogP contribution in [-0.4, -0.2) is 39.5 Å². The molecule has 0 fully saturated rings. The van der Waals surface area contributed by atoms with E-state index >= 15 is 0 Å². The number of hydrogen-bond acceptors (Lipinski definition) is 1. The molecule has 0 rings (SSSR count). The van der Waals surface area contributed by atoms with Crippen LogP contribution in [0.15, 0.2) is 0 Å². The Kier molecular flexibility index (Phi) is 4.23. The van der Waals surface area contributed by atoms with Gasteiger partial charge in [0.05, 0.1) is 15.7 Å². The zero-order chi connectivity index (χ0) is 9.07. The first-order chi connectivity index (χ1) is 4.93. The maximum Gasteiger partial charge on any atom is 0.0862 e. The van der Waals surface area contributed by atoms with Gasteiger partial charge in [-0.05, 0) is 25.2 Å². The largest absolute Gasteiger partial charge is 0.318 e. The van der Waals surface area contributed by atoms with Gasteiger partial charge in [-0.25, -0.2) is 0 Å². The average Bonchev–Trinajstić information content (AvgIpc) is 1.88. The average molecular weight is 149 g/mol. The van der Waals surface area contributed by atoms with Crippen LogP contribution in [0.4, 0.5) is 0 Å². The molecular formula is C8H17B2N. The SMILES string of the molecule is [B]CN(C[B])C(C)C(C)(C)C. The van der Waals surface area contributed by atoms with Gasteiger partial charge in [-0.1, -0.05) is 20.8 Å². The van der Waals surface area contributed by atoms with Gasteiger partial charge in [0, 0.05) is 6.04 Å². The summed E-state index contributed by atoms with van der Waals surface area (Å²) >= 11 is 0. The van der Waals surface area contributed by atoms with E-state index in [9.17, 15) is 0 Å². The van der Waals surface area contributed by atoms with Crippen LogP contribution in [0.1, 0.15) is 27.7 Å². The van der Waals surface area contributed by atoms with Gasteiger partial charge in [0.1, 0.15) is 0 Å². The molecule has 0 saturated carbocycles. The minimum Gasteiger partial charge on any atom is -0.318 e. The van der Waals surface area contributed by atoms with Crippen molar-refractivity contribution in [2.75, 3.05) is 12.9 Å². The van der Waals surface area contributed by atoms with Crippen molar-refractivity contribution < 1.29 is 0 Å². The smallest absolute Gasteiger partial charge is 0.0862 e. The van der Waals surface area contributed by atoms with Gasteiger partial charge in [0.15, 0.2) is 0 Å². The second-order valence-corrected chi connectivity index (χ2v) is 4.00. The molecule has 0 amide bonds. The molecule has 0 aromatic heterocycles. The summed E-state index contributed by atoms with van der Waals surface area (Å²) in [5.74, 6) is 0. The minimum absolute atomic E-state index is 0.249. The number of rotatable bonds is 3. The lowest BCUT2D eigenvalue weighted by Gasteiger charge is -2.37. The Morgan fingerprint density at radius 1 is 1.18 bits per heavy atom. The molecule has 0 aliphatic carbocycles. The van der Waals surface area contributed by atoms with E-state index in [1.165, 1.54) is 0 Å². The summed E-state index contributed by atoms with van der Waals surface area (Å²) in [6, 6.07) is 0.428. The van der Waals surface area contributed by atoms with E-state index in [1.54, 1.807) is 0 Å². The Hall–Kier alpha value is 0.0899. The molecule has 3 heteroatoms. The third-order valence-corrected chi connectivity index (χ3v) is 2.27. The fourth-order valence-corrected chi connectivity index (χ4v) is 0.938. The number of nitrogens with zero attached hydrogens (tertiary/aromatic N) is 1. The lowest BCUT2D eigenvalue weighted by atomic mass is 9.85. The van der Waals surface area contributed by atoms with Crippen LogP contribution in [0.2, 0.25) is 0 Å². The molecular weight excluding hydrogens is 132 g/mol. The van der Waals surface area contributed by atoms with Crippen molar-refractivity contribution >= 4 is 15.7 Å². The summed E-state index contributed by atoms with van der Waals surface area (Å²) in [5, 5.41) is 0. The van der Waals surface area contributed by atoms with Crippen LogP contribution in [0.3, 0.4) is 0 Å². The molecule has 11 heavy (non-hydrogen) atoms. The normalized spacial score (nSPS) is 15.4. The first-order valence-corrected chi connectivity index (χ1v) is 4.07. The minimum atomic E-state index is 0.249. The molecule has 1 unspecified atom stereocenters. The second-order valence-electron chi connectivity index (χ2n) is 4.00. The highest BCUT2D eigenvalue weighted by Crippen LogP contribution is 2.22. The lowest BCUT2D eigenvalue weighted by molar-refractivity contribution is 0.153. The third kappa shape index (κ3) is 3.33. The zero-order valence-electron chi connectivity index (χ0n) is 8.09. The summed E-state index contributed by atoms with van der Waals surface area (Å²) in [5.41, 5.74) is 0.249. The van der Waals surface area contributed by atoms with Crippen molar-refractivity contribution in [1.29, 1.82) is 0 Å². The Labute approximate surface area is 73.4 Å². The highest BCUT2D eigenvalue weighted by Gasteiger charge is 2.23. The van der Waals surface area contributed by atoms with Crippen molar-refractivity contribution in [3.8, 4) is 0 Å². The summed E-state index contributed by atoms with van der Waals surface area (Å²) in [4.78, 5) is 2.06. The van der Waals surface area contributed by atoms with Crippen molar-refractivity contribution in [2.24, 2.45) is 5.41 Å². The highest BCUT2D eigenvalue weighted by molar-refractivity contribution is 6.11. The highest BCUT2D eigenvalue weighted by atomic mass is 15.1. The van der Waals surface area contributed by atoms with Crippen molar-refractivity contribution in [3.63, 3.8) is 0 Å². The van der Waals surface area contributed by atoms with Gasteiger partial charge < -0.3 is 4.90 Å². The summed E-state index contributed by atoms with van der Waals surface area (Å²) < 4.78 is 0. The summed E-state index contributed by atoms with van der Waals surface area (Å²) in [6.45, 7) is 8.72. The third-order valence-electron chi connectivity index (χ3n) is 2.27. The summed E-state index contributed by atoms with van der Waals surface area (Å²) in [6.07, 6.45) is 1.07. The van der Waals surface area contributed by atoms with Gasteiger partial charge in [0.2, 0.25) is 0 Å². The van der Waals surface area contributed by atoms with Crippen LogP contribution in [-0.2, 0) is 0 Å². The van der Waals surface area contributed by atoms with Crippen molar-refractivity contribution in [2.45, 2.75) is 33.7 Å². The Balaban J connectivity index is 4.09. The number of hydrogen-bond donors (Lipinski definition) is 0. The monoisotopic (exact) mass is 149 g/mol. The van der Waals surface area contributed by atoms with E-state index in [4.69, 9.17) is 15.7 Å². The molecule has 0 bridgehead atoms. The van der Waals surface area contributed by atoms with Crippen molar-refractivity contribution in [1.82, 2.24) is 4.90 Å². The molecule has 0 spiro atoms. The molecule has 0 heterocycles. The maximum atomic E-state index is 5.53. The van der Waals surface area contributed by atoms with Crippen LogP contribution in [0.5, 0.6) is 0 Å². The van der Waals surface area contributed by atoms with Gasteiger partial charge in [0.25, 0.3) is 0 Å². The van der Waals surface area contributed by atoms with E-state index in [1.807, 2.05) is 0 Å². The Morgan fingerprint density at radius 2 is 1.55 bits per heavy atom. The first kappa shape index (κ1) is 11.1. The van der Waals surface area contributed by atoms with E-state index in [-0.39, 0.29) is 5.41 Å². The predicted octanol–water partition coefficient (Wildman–Crippen LogP) is 0.975. The van der Waals surface area contributed by atoms with Crippen molar-refractivity contribution in [3.05, 3.63) is 0 Å². The molecule has 4 radical (unpaired) electrons. The lowest BCUT2D eigenvalue weighted by Crippen LogP contribution is -2.43. The topological polar surface area (TPSA) is 3.24 Å². The fourth-order valence-electron chi connectivity index (χ4n) is 0.938. The van der Waals surface area contributed by atoms with Crippen LogP contribution >= 0.6 is 0 Å². The van der Waals surface area contributed by atoms with Gasteiger partial charge in [-0.3, -0.25) is 0 Å². The molecule has 0 saturated heterocycles. The quantitative estimate of drug-likeness (QED) is 0.540. The van der Waals surface area contributed by atoms with Gasteiger partial charge in [-0.2, -0.15) is 0 Å². The predicted molar refractivity (Wildman–Crippen MR) is 52.0 cm³/mol. The van der Waals surface area contributed by atoms with Gasteiger partial charge in [-0.15, -0.1) is 0 Å².